The first-order valence-electron chi connectivity index (χ1n) is 7.89. The maximum atomic E-state index is 12.0. The van der Waals surface area contributed by atoms with Crippen molar-refractivity contribution in [1.82, 2.24) is 10.6 Å². The van der Waals surface area contributed by atoms with Gasteiger partial charge in [0.15, 0.2) is 5.11 Å². The molecule has 1 fully saturated rings. The number of ether oxygens (including phenoxy) is 1. The third-order valence-corrected chi connectivity index (χ3v) is 5.12. The molecule has 0 bridgehead atoms. The average Bonchev–Trinajstić information content (AvgIpc) is 2.57. The van der Waals surface area contributed by atoms with Gasteiger partial charge in [0, 0.05) is 0 Å². The first-order valence-corrected chi connectivity index (χ1v) is 9.88. The van der Waals surface area contributed by atoms with Crippen LogP contribution in [-0.4, -0.2) is 16.9 Å². The molecule has 2 amide bonds. The molecule has 138 valence electrons. The quantitative estimate of drug-likeness (QED) is 0.371. The van der Waals surface area contributed by atoms with Crippen LogP contribution in [0.4, 0.5) is 0 Å². The Balaban J connectivity index is 1.82. The van der Waals surface area contributed by atoms with E-state index in [1.54, 1.807) is 12.1 Å². The highest BCUT2D eigenvalue weighted by atomic mass is 79.9. The lowest BCUT2D eigenvalue weighted by molar-refractivity contribution is -0.123. The van der Waals surface area contributed by atoms with E-state index in [0.29, 0.717) is 26.9 Å². The second kappa shape index (κ2) is 8.33. The van der Waals surface area contributed by atoms with Gasteiger partial charge in [-0.2, -0.15) is 0 Å². The molecule has 2 aromatic rings. The highest BCUT2D eigenvalue weighted by Crippen LogP contribution is 2.36. The van der Waals surface area contributed by atoms with Crippen molar-refractivity contribution in [2.75, 3.05) is 0 Å². The van der Waals surface area contributed by atoms with Gasteiger partial charge in [-0.1, -0.05) is 29.8 Å². The predicted molar refractivity (Wildman–Crippen MR) is 114 cm³/mol. The minimum Gasteiger partial charge on any atom is -0.487 e. The number of thiocarbonyl (C=S) groups is 1. The summed E-state index contributed by atoms with van der Waals surface area (Å²) in [4.78, 5) is 23.9. The SMILES string of the molecule is Cc1cccc(COc2c(Br)cc(C=C3C(=O)NC(=S)NC3=O)cc2Br)c1. The Bertz CT molecular complexity index is 944. The molecule has 1 heterocycles. The first kappa shape index (κ1) is 19.7. The number of benzene rings is 2. The van der Waals surface area contributed by atoms with Crippen molar-refractivity contribution in [3.05, 3.63) is 67.6 Å². The number of hydrogen-bond donors (Lipinski definition) is 2. The Labute approximate surface area is 178 Å². The summed E-state index contributed by atoms with van der Waals surface area (Å²) in [5.41, 5.74) is 2.87. The van der Waals surface area contributed by atoms with E-state index in [0.717, 1.165) is 5.56 Å². The summed E-state index contributed by atoms with van der Waals surface area (Å²) >= 11 is 11.8. The molecule has 27 heavy (non-hydrogen) atoms. The smallest absolute Gasteiger partial charge is 0.263 e. The summed E-state index contributed by atoms with van der Waals surface area (Å²) in [5.74, 6) is -0.427. The van der Waals surface area contributed by atoms with E-state index >= 15 is 0 Å². The van der Waals surface area contributed by atoms with E-state index in [2.05, 4.69) is 48.6 Å². The largest absolute Gasteiger partial charge is 0.487 e. The molecule has 0 spiro atoms. The monoisotopic (exact) mass is 508 g/mol. The van der Waals surface area contributed by atoms with Crippen LogP contribution in [0.3, 0.4) is 0 Å². The van der Waals surface area contributed by atoms with E-state index in [-0.39, 0.29) is 10.7 Å². The maximum absolute atomic E-state index is 12.0. The molecule has 5 nitrogen and oxygen atoms in total. The van der Waals surface area contributed by atoms with Gasteiger partial charge < -0.3 is 4.74 Å². The molecule has 1 aliphatic rings. The minimum atomic E-state index is -0.532. The zero-order chi connectivity index (χ0) is 19.6. The van der Waals surface area contributed by atoms with E-state index in [1.165, 1.54) is 11.6 Å². The molecule has 2 aromatic carbocycles. The molecule has 0 atom stereocenters. The normalized spacial score (nSPS) is 13.9. The third kappa shape index (κ3) is 4.82. The fourth-order valence-electron chi connectivity index (χ4n) is 2.53. The van der Waals surface area contributed by atoms with Crippen molar-refractivity contribution >= 4 is 67.1 Å². The maximum Gasteiger partial charge on any atom is 0.263 e. The summed E-state index contributed by atoms with van der Waals surface area (Å²) < 4.78 is 7.32. The standard InChI is InChI=1S/C19H14Br2N2O3S/c1-10-3-2-4-11(5-10)9-26-16-14(20)7-12(8-15(16)21)6-13-17(24)22-19(27)23-18(13)25/h2-8H,9H2,1H3,(H2,22,23,24,25,27). The fraction of sp³-hybridized carbons (Fsp3) is 0.105. The van der Waals surface area contributed by atoms with Crippen molar-refractivity contribution in [3.8, 4) is 5.75 Å². The van der Waals surface area contributed by atoms with Gasteiger partial charge in [-0.05, 0) is 80.3 Å². The number of nitrogens with one attached hydrogen (secondary N) is 2. The van der Waals surface area contributed by atoms with Crippen LogP contribution in [0.25, 0.3) is 6.08 Å². The lowest BCUT2D eigenvalue weighted by Gasteiger charge is -2.16. The van der Waals surface area contributed by atoms with Crippen LogP contribution in [-0.2, 0) is 16.2 Å². The molecular weight excluding hydrogens is 496 g/mol. The summed E-state index contributed by atoms with van der Waals surface area (Å²) in [6, 6.07) is 11.6. The molecule has 0 saturated carbocycles. The zero-order valence-corrected chi connectivity index (χ0v) is 18.1. The van der Waals surface area contributed by atoms with Gasteiger partial charge in [0.25, 0.3) is 11.8 Å². The number of aryl methyl sites for hydroxylation is 1. The van der Waals surface area contributed by atoms with Crippen molar-refractivity contribution in [2.45, 2.75) is 13.5 Å². The first-order chi connectivity index (χ1) is 12.8. The summed E-state index contributed by atoms with van der Waals surface area (Å²) in [6.07, 6.45) is 1.49. The van der Waals surface area contributed by atoms with E-state index in [1.807, 2.05) is 25.1 Å². The summed E-state index contributed by atoms with van der Waals surface area (Å²) in [7, 11) is 0. The van der Waals surface area contributed by atoms with Crippen molar-refractivity contribution < 1.29 is 14.3 Å². The van der Waals surface area contributed by atoms with Crippen LogP contribution in [0.15, 0.2) is 50.9 Å². The molecule has 0 unspecified atom stereocenters. The topological polar surface area (TPSA) is 67.4 Å². The van der Waals surface area contributed by atoms with Gasteiger partial charge in [0.05, 0.1) is 8.95 Å². The molecule has 0 aliphatic carbocycles. The molecule has 0 aromatic heterocycles. The van der Waals surface area contributed by atoms with Gasteiger partial charge >= 0.3 is 0 Å². The van der Waals surface area contributed by atoms with Gasteiger partial charge in [-0.3, -0.25) is 20.2 Å². The molecular formula is C19H14Br2N2O3S. The van der Waals surface area contributed by atoms with Crippen molar-refractivity contribution in [3.63, 3.8) is 0 Å². The zero-order valence-electron chi connectivity index (χ0n) is 14.1. The Kier molecular flexibility index (Phi) is 6.08. The minimum absolute atomic E-state index is 0.00408. The number of hydrogen-bond acceptors (Lipinski definition) is 4. The second-order valence-electron chi connectivity index (χ2n) is 5.89. The van der Waals surface area contributed by atoms with Crippen LogP contribution < -0.4 is 15.4 Å². The van der Waals surface area contributed by atoms with E-state index in [9.17, 15) is 9.59 Å². The Morgan fingerprint density at radius 1 is 1.07 bits per heavy atom. The van der Waals surface area contributed by atoms with Crippen LogP contribution in [0.2, 0.25) is 0 Å². The van der Waals surface area contributed by atoms with Gasteiger partial charge in [-0.25, -0.2) is 0 Å². The average molecular weight is 510 g/mol. The molecule has 2 N–H and O–H groups in total. The molecule has 3 rings (SSSR count). The number of rotatable bonds is 4. The van der Waals surface area contributed by atoms with E-state index < -0.39 is 11.8 Å². The molecule has 1 aliphatic heterocycles. The van der Waals surface area contributed by atoms with Crippen molar-refractivity contribution in [1.29, 1.82) is 0 Å². The lowest BCUT2D eigenvalue weighted by Crippen LogP contribution is -2.51. The second-order valence-corrected chi connectivity index (χ2v) is 8.00. The third-order valence-electron chi connectivity index (χ3n) is 3.74. The number of carbonyl (C=O) groups is 2. The molecule has 0 radical (unpaired) electrons. The highest BCUT2D eigenvalue weighted by molar-refractivity contribution is 9.11. The van der Waals surface area contributed by atoms with Gasteiger partial charge in [-0.15, -0.1) is 0 Å². The van der Waals surface area contributed by atoms with Gasteiger partial charge in [0.1, 0.15) is 17.9 Å². The van der Waals surface area contributed by atoms with Crippen LogP contribution in [0.5, 0.6) is 5.75 Å². The Hall–Kier alpha value is -2.03. The predicted octanol–water partition coefficient (Wildman–Crippen LogP) is 4.01. The number of amides is 2. The number of carbonyl (C=O) groups excluding carboxylic acids is 2. The van der Waals surface area contributed by atoms with Crippen LogP contribution >= 0.6 is 44.1 Å². The molecule has 1 saturated heterocycles. The van der Waals surface area contributed by atoms with Crippen LogP contribution in [0.1, 0.15) is 16.7 Å². The lowest BCUT2D eigenvalue weighted by atomic mass is 10.1. The van der Waals surface area contributed by atoms with Crippen molar-refractivity contribution in [2.24, 2.45) is 0 Å². The van der Waals surface area contributed by atoms with E-state index in [4.69, 9.17) is 17.0 Å². The van der Waals surface area contributed by atoms with Gasteiger partial charge in [0.2, 0.25) is 0 Å². The van der Waals surface area contributed by atoms with Crippen LogP contribution in [0, 0.1) is 6.92 Å². The Morgan fingerprint density at radius 2 is 1.70 bits per heavy atom. The summed E-state index contributed by atoms with van der Waals surface area (Å²) in [5, 5.41) is 4.82. The molecule has 8 heteroatoms. The fourth-order valence-corrected chi connectivity index (χ4v) is 4.17. The Morgan fingerprint density at radius 3 is 2.30 bits per heavy atom. The summed E-state index contributed by atoms with van der Waals surface area (Å²) in [6.45, 7) is 2.45. The highest BCUT2D eigenvalue weighted by Gasteiger charge is 2.25. The number of halogens is 2.